The van der Waals surface area contributed by atoms with Gasteiger partial charge in [0.05, 0.1) is 6.04 Å². The Morgan fingerprint density at radius 1 is 1.15 bits per heavy atom. The normalized spacial score (nSPS) is 19.6. The molecular weight excluding hydrogens is 438 g/mol. The van der Waals surface area contributed by atoms with Gasteiger partial charge in [-0.05, 0) is 18.9 Å². The summed E-state index contributed by atoms with van der Waals surface area (Å²) in [6, 6.07) is -0.580. The van der Waals surface area contributed by atoms with Crippen molar-refractivity contribution in [3.05, 3.63) is 43.0 Å². The number of H-pyrrole nitrogens is 1. The second-order valence-corrected chi connectivity index (χ2v) is 9.08. The zero-order valence-corrected chi connectivity index (χ0v) is 20.5. The molecule has 0 bridgehead atoms. The third-order valence-corrected chi connectivity index (χ3v) is 6.25. The van der Waals surface area contributed by atoms with Crippen LogP contribution in [0.4, 0.5) is 0 Å². The Hall–Kier alpha value is -2.58. The van der Waals surface area contributed by atoms with Gasteiger partial charge in [0.1, 0.15) is 18.9 Å². The van der Waals surface area contributed by atoms with E-state index in [9.17, 15) is 14.4 Å². The molecule has 0 spiro atoms. The summed E-state index contributed by atoms with van der Waals surface area (Å²) in [6.07, 6.45) is 14.0. The van der Waals surface area contributed by atoms with Crippen molar-refractivity contribution in [1.29, 1.82) is 0 Å². The van der Waals surface area contributed by atoms with E-state index in [0.29, 0.717) is 12.0 Å². The number of esters is 1. The van der Waals surface area contributed by atoms with Gasteiger partial charge in [-0.3, -0.25) is 19.1 Å². The highest BCUT2D eigenvalue weighted by Gasteiger charge is 2.37. The van der Waals surface area contributed by atoms with E-state index in [4.69, 9.17) is 15.0 Å². The second-order valence-electron chi connectivity index (χ2n) is 9.08. The van der Waals surface area contributed by atoms with Gasteiger partial charge in [-0.2, -0.15) is 0 Å². The van der Waals surface area contributed by atoms with Gasteiger partial charge in [-0.25, -0.2) is 4.79 Å². The van der Waals surface area contributed by atoms with Gasteiger partial charge in [0.15, 0.2) is 0 Å². The van der Waals surface area contributed by atoms with Gasteiger partial charge in [0.2, 0.25) is 0 Å². The third kappa shape index (κ3) is 9.35. The average Bonchev–Trinajstić information content (AvgIpc) is 3.21. The number of unbranched alkanes of at least 4 members (excludes halogenated alkanes) is 10. The Balaban J connectivity index is 1.67. The Kier molecular flexibility index (Phi) is 12.5. The highest BCUT2D eigenvalue weighted by Crippen LogP contribution is 2.30. The van der Waals surface area contributed by atoms with Crippen LogP contribution in [0, 0.1) is 6.92 Å². The van der Waals surface area contributed by atoms with E-state index < -0.39 is 29.6 Å². The third-order valence-electron chi connectivity index (χ3n) is 6.25. The molecule has 0 aromatic carbocycles. The van der Waals surface area contributed by atoms with Crippen molar-refractivity contribution in [2.45, 2.75) is 116 Å². The summed E-state index contributed by atoms with van der Waals surface area (Å²) in [4.78, 5) is 41.0. The summed E-state index contributed by atoms with van der Waals surface area (Å²) in [7, 11) is 0. The molecule has 1 fully saturated rings. The van der Waals surface area contributed by atoms with Crippen LogP contribution in [-0.4, -0.2) is 34.3 Å². The Morgan fingerprint density at radius 2 is 1.76 bits per heavy atom. The zero-order chi connectivity index (χ0) is 24.8. The quantitative estimate of drug-likeness (QED) is 0.117. The number of ether oxygens (including phenoxy) is 2. The lowest BCUT2D eigenvalue weighted by atomic mass is 10.1. The number of nitrogens with one attached hydrogen (secondary N) is 1. The van der Waals surface area contributed by atoms with Crippen molar-refractivity contribution in [2.24, 2.45) is 5.11 Å². The molecule has 1 aromatic heterocycles. The van der Waals surface area contributed by atoms with Gasteiger partial charge in [0, 0.05) is 29.5 Å². The summed E-state index contributed by atoms with van der Waals surface area (Å²) >= 11 is 0. The SMILES string of the molecule is CCCCCCCCCCCCCC(=O)OC[C@H]1O[C@@H](n2cc(C)c(=O)[nH]c2=O)C[C@@H]1N=[N+]=[N-]. The predicted octanol–water partition coefficient (Wildman–Crippen LogP) is 5.06. The number of hydrogen-bond acceptors (Lipinski definition) is 6. The summed E-state index contributed by atoms with van der Waals surface area (Å²) in [5, 5.41) is 3.74. The van der Waals surface area contributed by atoms with Gasteiger partial charge in [-0.15, -0.1) is 0 Å². The van der Waals surface area contributed by atoms with Crippen LogP contribution in [0.3, 0.4) is 0 Å². The van der Waals surface area contributed by atoms with E-state index >= 15 is 0 Å². The topological polar surface area (TPSA) is 139 Å². The number of nitrogens with zero attached hydrogens (tertiary/aromatic N) is 4. The maximum absolute atomic E-state index is 12.1. The first-order chi connectivity index (χ1) is 16.5. The first-order valence-electron chi connectivity index (χ1n) is 12.6. The maximum atomic E-state index is 12.1. The summed E-state index contributed by atoms with van der Waals surface area (Å²) in [5.41, 5.74) is 8.17. The van der Waals surface area contributed by atoms with Crippen LogP contribution < -0.4 is 11.2 Å². The molecule has 10 nitrogen and oxygen atoms in total. The molecule has 2 heterocycles. The van der Waals surface area contributed by atoms with Crippen molar-refractivity contribution in [2.75, 3.05) is 6.61 Å². The summed E-state index contributed by atoms with van der Waals surface area (Å²) < 4.78 is 12.5. The maximum Gasteiger partial charge on any atom is 0.330 e. The standard InChI is InChI=1S/C24H39N5O5/c1-3-4-5-6-7-8-9-10-11-12-13-14-22(30)33-17-20-19(27-28-25)15-21(34-20)29-16-18(2)23(31)26-24(29)32/h16,19-21H,3-15,17H2,1-2H3,(H,26,31,32)/t19-,20+,21+/m0/s1. The second kappa shape index (κ2) is 15.3. The molecule has 3 atom stereocenters. The highest BCUT2D eigenvalue weighted by molar-refractivity contribution is 5.69. The van der Waals surface area contributed by atoms with E-state index in [2.05, 4.69) is 21.9 Å². The van der Waals surface area contributed by atoms with Gasteiger partial charge >= 0.3 is 11.7 Å². The minimum atomic E-state index is -0.714. The number of aromatic amines is 1. The number of carbonyl (C=O) groups excluding carboxylic acids is 1. The lowest BCUT2D eigenvalue weighted by molar-refractivity contribution is -0.148. The van der Waals surface area contributed by atoms with Crippen LogP contribution in [-0.2, 0) is 14.3 Å². The number of carbonyl (C=O) groups is 1. The van der Waals surface area contributed by atoms with E-state index in [1.54, 1.807) is 6.92 Å². The van der Waals surface area contributed by atoms with Crippen molar-refractivity contribution < 1.29 is 14.3 Å². The van der Waals surface area contributed by atoms with Crippen LogP contribution in [0.1, 0.15) is 102 Å². The fourth-order valence-corrected chi connectivity index (χ4v) is 4.20. The van der Waals surface area contributed by atoms with Gasteiger partial charge < -0.3 is 9.47 Å². The summed E-state index contributed by atoms with van der Waals surface area (Å²) in [5.74, 6) is -0.306. The molecule has 1 aliphatic heterocycles. The molecule has 34 heavy (non-hydrogen) atoms. The lowest BCUT2D eigenvalue weighted by Gasteiger charge is -2.17. The molecule has 1 N–H and O–H groups in total. The highest BCUT2D eigenvalue weighted by atomic mass is 16.6. The van der Waals surface area contributed by atoms with Crippen molar-refractivity contribution in [3.8, 4) is 0 Å². The Bertz CT molecular complexity index is 921. The first-order valence-corrected chi connectivity index (χ1v) is 12.6. The summed E-state index contributed by atoms with van der Waals surface area (Å²) in [6.45, 7) is 3.77. The van der Waals surface area contributed by atoms with Gasteiger partial charge in [0.25, 0.3) is 5.56 Å². The van der Waals surface area contributed by atoms with Crippen LogP contribution in [0.5, 0.6) is 0 Å². The molecule has 1 saturated heterocycles. The van der Waals surface area contributed by atoms with E-state index in [1.165, 1.54) is 62.1 Å². The smallest absolute Gasteiger partial charge is 0.330 e. The molecule has 0 aliphatic carbocycles. The molecule has 190 valence electrons. The number of rotatable bonds is 16. The number of aryl methyl sites for hydroxylation is 1. The lowest BCUT2D eigenvalue weighted by Crippen LogP contribution is -2.33. The Morgan fingerprint density at radius 3 is 2.38 bits per heavy atom. The van der Waals surface area contributed by atoms with Crippen LogP contribution in [0.15, 0.2) is 20.9 Å². The van der Waals surface area contributed by atoms with Crippen molar-refractivity contribution in [1.82, 2.24) is 9.55 Å². The fraction of sp³-hybridized carbons (Fsp3) is 0.792. The fourth-order valence-electron chi connectivity index (χ4n) is 4.20. The number of azide groups is 1. The number of hydrogen-bond donors (Lipinski definition) is 1. The zero-order valence-electron chi connectivity index (χ0n) is 20.5. The number of aromatic nitrogens is 2. The van der Waals surface area contributed by atoms with Gasteiger partial charge in [-0.1, -0.05) is 76.2 Å². The predicted molar refractivity (Wildman–Crippen MR) is 130 cm³/mol. The minimum Gasteiger partial charge on any atom is -0.463 e. The molecule has 10 heteroatoms. The molecule has 1 aliphatic rings. The minimum absolute atomic E-state index is 0.0475. The van der Waals surface area contributed by atoms with Crippen molar-refractivity contribution >= 4 is 5.97 Å². The van der Waals surface area contributed by atoms with Crippen LogP contribution >= 0.6 is 0 Å². The van der Waals surface area contributed by atoms with E-state index in [-0.39, 0.29) is 19.0 Å². The molecule has 0 amide bonds. The monoisotopic (exact) mass is 477 g/mol. The van der Waals surface area contributed by atoms with Crippen LogP contribution in [0.2, 0.25) is 0 Å². The van der Waals surface area contributed by atoms with Crippen LogP contribution in [0.25, 0.3) is 10.4 Å². The van der Waals surface area contributed by atoms with E-state index in [0.717, 1.165) is 19.3 Å². The molecule has 0 radical (unpaired) electrons. The molecule has 2 rings (SSSR count). The molecular formula is C24H39N5O5. The van der Waals surface area contributed by atoms with Crippen molar-refractivity contribution in [3.63, 3.8) is 0 Å². The average molecular weight is 478 g/mol. The molecule has 1 aromatic rings. The molecule has 0 unspecified atom stereocenters. The first kappa shape index (κ1) is 27.7. The largest absolute Gasteiger partial charge is 0.463 e. The molecule has 0 saturated carbocycles. The Labute approximate surface area is 200 Å². The van der Waals surface area contributed by atoms with E-state index in [1.807, 2.05) is 0 Å².